The third-order valence-corrected chi connectivity index (χ3v) is 5.33. The Kier molecular flexibility index (Phi) is 7.47. The Hall–Kier alpha value is -2.60. The number of carbonyl (C=O) groups is 1. The van der Waals surface area contributed by atoms with E-state index in [2.05, 4.69) is 0 Å². The molecule has 0 aliphatic heterocycles. The Bertz CT molecular complexity index is 804. The molecule has 0 atom stereocenters. The number of hydrogen-bond acceptors (Lipinski definition) is 4. The predicted octanol–water partition coefficient (Wildman–Crippen LogP) is 4.15. The zero-order valence-electron chi connectivity index (χ0n) is 16.9. The number of carbonyl (C=O) groups excluding carboxylic acids is 1. The van der Waals surface area contributed by atoms with Crippen LogP contribution in [0.25, 0.3) is 0 Å². The Labute approximate surface area is 171 Å². The summed E-state index contributed by atoms with van der Waals surface area (Å²) in [6.45, 7) is 1.17. The van der Waals surface area contributed by atoms with Gasteiger partial charge in [0.15, 0.2) is 11.5 Å². The quantitative estimate of drug-likeness (QED) is 0.723. The van der Waals surface area contributed by atoms with Gasteiger partial charge in [-0.1, -0.05) is 31.4 Å². The number of benzene rings is 2. The van der Waals surface area contributed by atoms with Gasteiger partial charge in [0.05, 0.1) is 7.11 Å². The van der Waals surface area contributed by atoms with Crippen LogP contribution in [0, 0.1) is 5.82 Å². The zero-order chi connectivity index (χ0) is 20.6. The second kappa shape index (κ2) is 10.3. The van der Waals surface area contributed by atoms with Gasteiger partial charge in [-0.05, 0) is 48.7 Å². The molecule has 1 aliphatic rings. The molecule has 29 heavy (non-hydrogen) atoms. The highest BCUT2D eigenvalue weighted by Crippen LogP contribution is 2.31. The minimum Gasteiger partial charge on any atom is -0.493 e. The highest BCUT2D eigenvalue weighted by Gasteiger charge is 2.27. The molecule has 1 amide bonds. The van der Waals surface area contributed by atoms with E-state index < -0.39 is 0 Å². The van der Waals surface area contributed by atoms with Crippen LogP contribution >= 0.6 is 0 Å². The fourth-order valence-electron chi connectivity index (χ4n) is 3.80. The van der Waals surface area contributed by atoms with E-state index in [0.717, 1.165) is 31.2 Å². The van der Waals surface area contributed by atoms with Crippen LogP contribution in [0.2, 0.25) is 0 Å². The van der Waals surface area contributed by atoms with Crippen molar-refractivity contribution < 1.29 is 18.7 Å². The maximum absolute atomic E-state index is 13.5. The van der Waals surface area contributed by atoms with Crippen LogP contribution in [-0.2, 0) is 6.54 Å². The first-order valence-electron chi connectivity index (χ1n) is 10.2. The van der Waals surface area contributed by atoms with Gasteiger partial charge in [-0.2, -0.15) is 0 Å². The lowest BCUT2D eigenvalue weighted by Gasteiger charge is -2.34. The van der Waals surface area contributed by atoms with Crippen LogP contribution in [0.3, 0.4) is 0 Å². The lowest BCUT2D eigenvalue weighted by molar-refractivity contribution is 0.0613. The highest BCUT2D eigenvalue weighted by atomic mass is 19.1. The monoisotopic (exact) mass is 400 g/mol. The molecule has 0 heterocycles. The molecule has 0 saturated heterocycles. The van der Waals surface area contributed by atoms with Crippen molar-refractivity contribution in [1.29, 1.82) is 0 Å². The molecule has 1 aliphatic carbocycles. The number of ether oxygens (including phenoxy) is 2. The molecule has 6 heteroatoms. The molecule has 5 nitrogen and oxygen atoms in total. The summed E-state index contributed by atoms with van der Waals surface area (Å²) >= 11 is 0. The smallest absolute Gasteiger partial charge is 0.254 e. The molecule has 1 saturated carbocycles. The number of rotatable bonds is 8. The van der Waals surface area contributed by atoms with Crippen LogP contribution in [0.1, 0.15) is 48.0 Å². The fourth-order valence-corrected chi connectivity index (χ4v) is 3.80. The first kappa shape index (κ1) is 21.1. The standard InChI is InChI=1S/C23H29FN2O3/c1-28-21-12-9-18(15-22(21)29-14-13-25)23(27)26(20-5-3-2-4-6-20)16-17-7-10-19(24)11-8-17/h7-12,15,20H,2-6,13-14,16,25H2,1H3. The summed E-state index contributed by atoms with van der Waals surface area (Å²) in [5.74, 6) is 0.745. The molecule has 156 valence electrons. The summed E-state index contributed by atoms with van der Waals surface area (Å²) in [4.78, 5) is 15.4. The average molecular weight is 400 g/mol. The third kappa shape index (κ3) is 5.48. The number of halogens is 1. The van der Waals surface area contributed by atoms with Gasteiger partial charge in [-0.25, -0.2) is 4.39 Å². The number of amides is 1. The summed E-state index contributed by atoms with van der Waals surface area (Å²) in [6, 6.07) is 11.8. The van der Waals surface area contributed by atoms with E-state index in [4.69, 9.17) is 15.2 Å². The van der Waals surface area contributed by atoms with Gasteiger partial charge in [0.1, 0.15) is 12.4 Å². The van der Waals surface area contributed by atoms with Gasteiger partial charge in [0.2, 0.25) is 0 Å². The molecule has 0 spiro atoms. The van der Waals surface area contributed by atoms with Crippen molar-refractivity contribution >= 4 is 5.91 Å². The van der Waals surface area contributed by atoms with Gasteiger partial charge in [0, 0.05) is 24.7 Å². The Morgan fingerprint density at radius 2 is 1.83 bits per heavy atom. The summed E-state index contributed by atoms with van der Waals surface area (Å²) in [5.41, 5.74) is 7.00. The van der Waals surface area contributed by atoms with Crippen molar-refractivity contribution in [2.24, 2.45) is 5.73 Å². The van der Waals surface area contributed by atoms with E-state index in [1.807, 2.05) is 4.90 Å². The second-order valence-electron chi connectivity index (χ2n) is 7.35. The third-order valence-electron chi connectivity index (χ3n) is 5.33. The lowest BCUT2D eigenvalue weighted by Crippen LogP contribution is -2.41. The van der Waals surface area contributed by atoms with E-state index >= 15 is 0 Å². The number of hydrogen-bond donors (Lipinski definition) is 1. The second-order valence-corrected chi connectivity index (χ2v) is 7.35. The Balaban J connectivity index is 1.87. The number of nitrogens with two attached hydrogens (primary N) is 1. The van der Waals surface area contributed by atoms with E-state index in [0.29, 0.717) is 36.8 Å². The van der Waals surface area contributed by atoms with Crippen LogP contribution in [0.15, 0.2) is 42.5 Å². The van der Waals surface area contributed by atoms with E-state index in [9.17, 15) is 9.18 Å². The van der Waals surface area contributed by atoms with E-state index in [1.54, 1.807) is 37.4 Å². The largest absolute Gasteiger partial charge is 0.493 e. The molecule has 0 aromatic heterocycles. The topological polar surface area (TPSA) is 64.8 Å². The molecule has 2 aromatic carbocycles. The molecular formula is C23H29FN2O3. The van der Waals surface area contributed by atoms with Gasteiger partial charge >= 0.3 is 0 Å². The van der Waals surface area contributed by atoms with Crippen LogP contribution < -0.4 is 15.2 Å². The molecule has 1 fully saturated rings. The Morgan fingerprint density at radius 3 is 2.48 bits per heavy atom. The molecule has 2 aromatic rings. The summed E-state index contributed by atoms with van der Waals surface area (Å²) in [7, 11) is 1.56. The van der Waals surface area contributed by atoms with Crippen molar-refractivity contribution in [2.45, 2.75) is 44.7 Å². The summed E-state index contributed by atoms with van der Waals surface area (Å²) < 4.78 is 24.3. The summed E-state index contributed by atoms with van der Waals surface area (Å²) in [6.07, 6.45) is 5.41. The highest BCUT2D eigenvalue weighted by molar-refractivity contribution is 5.95. The van der Waals surface area contributed by atoms with Crippen molar-refractivity contribution in [3.05, 3.63) is 59.4 Å². The SMILES string of the molecule is COc1ccc(C(=O)N(Cc2ccc(F)cc2)C2CCCCC2)cc1OCCN. The van der Waals surface area contributed by atoms with Crippen molar-refractivity contribution in [3.63, 3.8) is 0 Å². The van der Waals surface area contributed by atoms with Gasteiger partial charge in [-0.3, -0.25) is 4.79 Å². The van der Waals surface area contributed by atoms with Crippen LogP contribution in [-0.4, -0.2) is 37.1 Å². The first-order valence-corrected chi connectivity index (χ1v) is 10.2. The van der Waals surface area contributed by atoms with Crippen LogP contribution in [0.5, 0.6) is 11.5 Å². The lowest BCUT2D eigenvalue weighted by atomic mass is 9.93. The normalized spacial score (nSPS) is 14.4. The number of nitrogens with zero attached hydrogens (tertiary/aromatic N) is 1. The van der Waals surface area contributed by atoms with Crippen LogP contribution in [0.4, 0.5) is 4.39 Å². The molecular weight excluding hydrogens is 371 g/mol. The van der Waals surface area contributed by atoms with E-state index in [-0.39, 0.29) is 17.8 Å². The molecule has 2 N–H and O–H groups in total. The van der Waals surface area contributed by atoms with E-state index in [1.165, 1.54) is 18.6 Å². The van der Waals surface area contributed by atoms with Gasteiger partial charge in [0.25, 0.3) is 5.91 Å². The van der Waals surface area contributed by atoms with Gasteiger partial charge in [-0.15, -0.1) is 0 Å². The maximum Gasteiger partial charge on any atom is 0.254 e. The van der Waals surface area contributed by atoms with Crippen molar-refractivity contribution in [2.75, 3.05) is 20.3 Å². The predicted molar refractivity (Wildman–Crippen MR) is 111 cm³/mol. The minimum absolute atomic E-state index is 0.0542. The van der Waals surface area contributed by atoms with Gasteiger partial charge < -0.3 is 20.1 Å². The first-order chi connectivity index (χ1) is 14.1. The Morgan fingerprint density at radius 1 is 1.10 bits per heavy atom. The molecule has 3 rings (SSSR count). The molecule has 0 bridgehead atoms. The average Bonchev–Trinajstić information content (AvgIpc) is 2.77. The van der Waals surface area contributed by atoms with Crippen molar-refractivity contribution in [1.82, 2.24) is 4.90 Å². The zero-order valence-corrected chi connectivity index (χ0v) is 16.9. The molecule has 0 radical (unpaired) electrons. The maximum atomic E-state index is 13.5. The fraction of sp³-hybridized carbons (Fsp3) is 0.435. The minimum atomic E-state index is -0.277. The van der Waals surface area contributed by atoms with Crippen molar-refractivity contribution in [3.8, 4) is 11.5 Å². The molecule has 0 unspecified atom stereocenters. The summed E-state index contributed by atoms with van der Waals surface area (Å²) in [5, 5.41) is 0. The number of methoxy groups -OCH3 is 1.